The lowest BCUT2D eigenvalue weighted by Crippen LogP contribution is -2.15. The van der Waals surface area contributed by atoms with Gasteiger partial charge < -0.3 is 5.32 Å². The summed E-state index contributed by atoms with van der Waals surface area (Å²) in [5.74, 6) is 0. The van der Waals surface area contributed by atoms with E-state index in [2.05, 4.69) is 21.6 Å². The largest absolute Gasteiger partial charge is 0.311 e. The van der Waals surface area contributed by atoms with Crippen LogP contribution in [0.5, 0.6) is 0 Å². The molecule has 17 heavy (non-hydrogen) atoms. The topological polar surface area (TPSA) is 29.3 Å². The number of halogens is 2. The van der Waals surface area contributed by atoms with Crippen molar-refractivity contribution in [2.24, 2.45) is 0 Å². The quantitative estimate of drug-likeness (QED) is 0.822. The number of hydrogen-bond donors (Lipinski definition) is 1. The molecule has 3 nitrogen and oxygen atoms in total. The zero-order valence-electron chi connectivity index (χ0n) is 9.78. The minimum absolute atomic E-state index is 0. The number of unbranched alkanes of at least 4 members (excludes halogenated alkanes) is 2. The van der Waals surface area contributed by atoms with E-state index < -0.39 is 0 Å². The van der Waals surface area contributed by atoms with Crippen molar-refractivity contribution in [1.29, 1.82) is 0 Å². The van der Waals surface area contributed by atoms with Crippen LogP contribution in [0.3, 0.4) is 0 Å². The van der Waals surface area contributed by atoms with Crippen LogP contribution in [0.4, 0.5) is 0 Å². The second-order valence-electron chi connectivity index (χ2n) is 3.79. The minimum Gasteiger partial charge on any atom is -0.311 e. The van der Waals surface area contributed by atoms with Gasteiger partial charge in [0.25, 0.3) is 0 Å². The van der Waals surface area contributed by atoms with Gasteiger partial charge in [0.05, 0.1) is 5.69 Å². The molecule has 2 rings (SSSR count). The predicted octanol–water partition coefficient (Wildman–Crippen LogP) is 3.75. The first-order chi connectivity index (χ1) is 7.83. The Labute approximate surface area is 117 Å². The molecular weight excluding hydrogens is 277 g/mol. The fourth-order valence-corrected chi connectivity index (χ4v) is 2.69. The summed E-state index contributed by atoms with van der Waals surface area (Å²) in [5, 5.41) is 6.05. The first-order valence-corrected chi connectivity index (χ1v) is 6.89. The number of imidazole rings is 1. The Hall–Kier alpha value is -0.290. The Morgan fingerprint density at radius 3 is 3.06 bits per heavy atom. The van der Waals surface area contributed by atoms with E-state index in [1.807, 2.05) is 11.6 Å². The van der Waals surface area contributed by atoms with Crippen LogP contribution in [0.25, 0.3) is 4.96 Å². The third-order valence-electron chi connectivity index (χ3n) is 2.56. The van der Waals surface area contributed by atoms with Gasteiger partial charge in [-0.1, -0.05) is 31.4 Å². The molecule has 2 aromatic heterocycles. The standard InChI is InChI=1S/C11H16ClN3S.ClH/c1-2-3-4-5-13-8-9-10(12)14-11-15(9)6-7-16-11;/h6-7,13H,2-5,8H2,1H3;1H. The smallest absolute Gasteiger partial charge is 0.195 e. The number of nitrogens with one attached hydrogen (secondary N) is 1. The number of nitrogens with zero attached hydrogens (tertiary/aromatic N) is 2. The molecule has 0 fully saturated rings. The fourth-order valence-electron chi connectivity index (χ4n) is 1.67. The van der Waals surface area contributed by atoms with E-state index >= 15 is 0 Å². The Kier molecular flexibility index (Phi) is 6.27. The summed E-state index contributed by atoms with van der Waals surface area (Å²) in [6.45, 7) is 4.05. The van der Waals surface area contributed by atoms with E-state index in [9.17, 15) is 0 Å². The second kappa shape index (κ2) is 7.21. The van der Waals surface area contributed by atoms with Crippen LogP contribution in [0.2, 0.25) is 5.15 Å². The Balaban J connectivity index is 0.00000144. The van der Waals surface area contributed by atoms with E-state index in [-0.39, 0.29) is 12.4 Å². The van der Waals surface area contributed by atoms with Crippen molar-refractivity contribution >= 4 is 40.3 Å². The molecule has 0 bridgehead atoms. The van der Waals surface area contributed by atoms with Crippen LogP contribution in [-0.2, 0) is 6.54 Å². The van der Waals surface area contributed by atoms with Crippen molar-refractivity contribution in [2.45, 2.75) is 32.7 Å². The highest BCUT2D eigenvalue weighted by Crippen LogP contribution is 2.20. The lowest BCUT2D eigenvalue weighted by molar-refractivity contribution is 0.609. The summed E-state index contributed by atoms with van der Waals surface area (Å²) in [7, 11) is 0. The van der Waals surface area contributed by atoms with E-state index in [1.165, 1.54) is 19.3 Å². The van der Waals surface area contributed by atoms with Crippen molar-refractivity contribution in [3.63, 3.8) is 0 Å². The minimum atomic E-state index is 0. The fraction of sp³-hybridized carbons (Fsp3) is 0.545. The lowest BCUT2D eigenvalue weighted by atomic mass is 10.2. The molecule has 0 aliphatic rings. The lowest BCUT2D eigenvalue weighted by Gasteiger charge is -2.03. The molecule has 0 saturated heterocycles. The average molecular weight is 294 g/mol. The maximum absolute atomic E-state index is 6.08. The Bertz CT molecular complexity index is 452. The molecule has 2 heterocycles. The van der Waals surface area contributed by atoms with Gasteiger partial charge in [0.15, 0.2) is 10.1 Å². The summed E-state index contributed by atoms with van der Waals surface area (Å²) in [5.41, 5.74) is 1.06. The molecule has 2 aromatic rings. The van der Waals surface area contributed by atoms with Crippen LogP contribution in [0.1, 0.15) is 31.9 Å². The first kappa shape index (κ1) is 14.8. The Morgan fingerprint density at radius 1 is 1.47 bits per heavy atom. The average Bonchev–Trinajstić information content (AvgIpc) is 2.80. The van der Waals surface area contributed by atoms with Crippen LogP contribution in [0, 0.1) is 0 Å². The van der Waals surface area contributed by atoms with Crippen LogP contribution in [0.15, 0.2) is 11.6 Å². The van der Waals surface area contributed by atoms with Crippen molar-refractivity contribution in [3.05, 3.63) is 22.4 Å². The van der Waals surface area contributed by atoms with Gasteiger partial charge in [-0.15, -0.1) is 23.7 Å². The number of rotatable bonds is 6. The molecule has 0 spiro atoms. The number of fused-ring (bicyclic) bond motifs is 1. The molecule has 0 radical (unpaired) electrons. The highest BCUT2D eigenvalue weighted by atomic mass is 35.5. The van der Waals surface area contributed by atoms with E-state index in [4.69, 9.17) is 11.6 Å². The third kappa shape index (κ3) is 3.58. The SMILES string of the molecule is CCCCCNCc1c(Cl)nc2sccn12.Cl. The highest BCUT2D eigenvalue weighted by molar-refractivity contribution is 7.15. The van der Waals surface area contributed by atoms with Gasteiger partial charge in [-0.2, -0.15) is 0 Å². The summed E-state index contributed by atoms with van der Waals surface area (Å²) in [6, 6.07) is 0. The van der Waals surface area contributed by atoms with Gasteiger partial charge in [0.2, 0.25) is 0 Å². The first-order valence-electron chi connectivity index (χ1n) is 5.63. The van der Waals surface area contributed by atoms with Crippen molar-refractivity contribution in [1.82, 2.24) is 14.7 Å². The van der Waals surface area contributed by atoms with E-state index in [0.29, 0.717) is 5.15 Å². The molecule has 0 atom stereocenters. The number of thiazole rings is 1. The number of aromatic nitrogens is 2. The molecule has 0 aliphatic heterocycles. The summed E-state index contributed by atoms with van der Waals surface area (Å²) < 4.78 is 2.06. The van der Waals surface area contributed by atoms with Gasteiger partial charge in [-0.05, 0) is 13.0 Å². The zero-order valence-corrected chi connectivity index (χ0v) is 12.2. The summed E-state index contributed by atoms with van der Waals surface area (Å²) >= 11 is 7.69. The zero-order chi connectivity index (χ0) is 11.4. The normalized spacial score (nSPS) is 10.7. The predicted molar refractivity (Wildman–Crippen MR) is 76.6 cm³/mol. The van der Waals surface area contributed by atoms with Crippen LogP contribution >= 0.6 is 35.3 Å². The van der Waals surface area contributed by atoms with Crippen LogP contribution in [-0.4, -0.2) is 15.9 Å². The second-order valence-corrected chi connectivity index (χ2v) is 5.02. The maximum atomic E-state index is 6.08. The molecule has 0 amide bonds. The van der Waals surface area contributed by atoms with E-state index in [1.54, 1.807) is 11.3 Å². The van der Waals surface area contributed by atoms with Gasteiger partial charge in [0.1, 0.15) is 0 Å². The van der Waals surface area contributed by atoms with Crippen molar-refractivity contribution < 1.29 is 0 Å². The molecule has 0 aromatic carbocycles. The summed E-state index contributed by atoms with van der Waals surface area (Å²) in [4.78, 5) is 5.26. The third-order valence-corrected chi connectivity index (χ3v) is 3.62. The molecule has 6 heteroatoms. The van der Waals surface area contributed by atoms with Crippen molar-refractivity contribution in [3.8, 4) is 0 Å². The van der Waals surface area contributed by atoms with E-state index in [0.717, 1.165) is 23.7 Å². The van der Waals surface area contributed by atoms with Crippen molar-refractivity contribution in [2.75, 3.05) is 6.54 Å². The molecule has 0 saturated carbocycles. The highest BCUT2D eigenvalue weighted by Gasteiger charge is 2.09. The van der Waals surface area contributed by atoms with Gasteiger partial charge in [-0.3, -0.25) is 4.40 Å². The molecule has 96 valence electrons. The maximum Gasteiger partial charge on any atom is 0.195 e. The Morgan fingerprint density at radius 2 is 2.29 bits per heavy atom. The van der Waals surface area contributed by atoms with Crippen LogP contribution < -0.4 is 5.32 Å². The molecule has 0 unspecified atom stereocenters. The van der Waals surface area contributed by atoms with Gasteiger partial charge in [0, 0.05) is 18.1 Å². The molecule has 1 N–H and O–H groups in total. The summed E-state index contributed by atoms with van der Waals surface area (Å²) in [6.07, 6.45) is 5.77. The monoisotopic (exact) mass is 293 g/mol. The molecule has 0 aliphatic carbocycles. The van der Waals surface area contributed by atoms with Gasteiger partial charge in [-0.25, -0.2) is 4.98 Å². The number of hydrogen-bond acceptors (Lipinski definition) is 3. The molecular formula is C11H17Cl2N3S. The van der Waals surface area contributed by atoms with Gasteiger partial charge >= 0.3 is 0 Å².